The number of unbranched alkanes of at least 4 members (excludes halogenated alkanes) is 3. The molecule has 92 valence electrons. The molecule has 0 aromatic rings. The van der Waals surface area contributed by atoms with Crippen LogP contribution in [0.4, 0.5) is 0 Å². The topological polar surface area (TPSA) is 61.1 Å². The lowest BCUT2D eigenvalue weighted by molar-refractivity contribution is -0.122. The van der Waals surface area contributed by atoms with Gasteiger partial charge in [0.2, 0.25) is 0 Å². The molecule has 0 aliphatic carbocycles. The first-order valence-corrected chi connectivity index (χ1v) is 5.74. The van der Waals surface area contributed by atoms with Gasteiger partial charge in [0.05, 0.1) is 11.4 Å². The van der Waals surface area contributed by atoms with Crippen molar-refractivity contribution in [1.82, 2.24) is 0 Å². The molecule has 3 nitrogen and oxygen atoms in total. The number of carboxylic acid groups (broad SMARTS) is 1. The zero-order valence-electron chi connectivity index (χ0n) is 9.67. The molecule has 0 atom stereocenters. The van der Waals surface area contributed by atoms with Crippen LogP contribution >= 0.6 is 23.2 Å². The number of alkyl halides is 2. The molecule has 0 amide bonds. The Morgan fingerprint density at radius 2 is 1.40 bits per heavy atom. The second-order valence-corrected chi connectivity index (χ2v) is 2.95. The smallest absolute Gasteiger partial charge is 0.290 e. The summed E-state index contributed by atoms with van der Waals surface area (Å²) in [6.07, 6.45) is 5.54. The van der Waals surface area contributed by atoms with Crippen LogP contribution in [0.15, 0.2) is 0 Å². The van der Waals surface area contributed by atoms with Crippen molar-refractivity contribution in [3.63, 3.8) is 0 Å². The third-order valence-electron chi connectivity index (χ3n) is 0.957. The maximum atomic E-state index is 8.36. The fourth-order valence-corrected chi connectivity index (χ4v) is 0.500. The molecule has 0 saturated carbocycles. The molecule has 0 bridgehead atoms. The molecule has 0 saturated heterocycles. The standard InChI is InChI=1S/C6H14.C2H3N.CH2Cl2.CH2O2/c1-3-5-6-4-2;1-2-3;2*2-1-3/h3-6H2,1-2H3;1H3;1H2;1H,(H,2,3). The number of nitriles is 1. The summed E-state index contributed by atoms with van der Waals surface area (Å²) in [5.74, 6) is 0. The van der Waals surface area contributed by atoms with E-state index in [0.717, 1.165) is 0 Å². The van der Waals surface area contributed by atoms with E-state index in [1.807, 2.05) is 0 Å². The van der Waals surface area contributed by atoms with Crippen LogP contribution in [0.25, 0.3) is 0 Å². The number of hydrogen-bond donors (Lipinski definition) is 1. The molecular formula is C10H21Cl2NO2. The van der Waals surface area contributed by atoms with Gasteiger partial charge in [0.15, 0.2) is 0 Å². The Morgan fingerprint density at radius 3 is 1.47 bits per heavy atom. The molecule has 15 heavy (non-hydrogen) atoms. The molecule has 0 aromatic heterocycles. The van der Waals surface area contributed by atoms with Crippen LogP contribution in [0.5, 0.6) is 0 Å². The number of halogens is 2. The van der Waals surface area contributed by atoms with Gasteiger partial charge in [0.1, 0.15) is 0 Å². The highest BCUT2D eigenvalue weighted by Gasteiger charge is 1.75. The van der Waals surface area contributed by atoms with Crippen molar-refractivity contribution in [2.75, 3.05) is 5.34 Å². The molecule has 0 aliphatic heterocycles. The van der Waals surface area contributed by atoms with E-state index in [1.165, 1.54) is 32.6 Å². The van der Waals surface area contributed by atoms with E-state index in [1.54, 1.807) is 6.07 Å². The predicted molar refractivity (Wildman–Crippen MR) is 66.4 cm³/mol. The molecule has 0 fully saturated rings. The molecule has 5 heteroatoms. The SMILES string of the molecule is CC#N.CCCCCC.ClCCl.O=CO. The minimum Gasteiger partial charge on any atom is -0.483 e. The first-order valence-electron chi connectivity index (χ1n) is 4.67. The van der Waals surface area contributed by atoms with E-state index < -0.39 is 0 Å². The third-order valence-corrected chi connectivity index (χ3v) is 0.957. The van der Waals surface area contributed by atoms with Crippen molar-refractivity contribution in [3.05, 3.63) is 0 Å². The number of rotatable bonds is 3. The van der Waals surface area contributed by atoms with Crippen LogP contribution < -0.4 is 0 Å². The lowest BCUT2D eigenvalue weighted by Gasteiger charge is -1.86. The Kier molecular flexibility index (Phi) is 79.6. The summed E-state index contributed by atoms with van der Waals surface area (Å²) in [7, 11) is 0. The molecule has 0 spiro atoms. The quantitative estimate of drug-likeness (QED) is 0.468. The van der Waals surface area contributed by atoms with E-state index in [2.05, 4.69) is 13.8 Å². The van der Waals surface area contributed by atoms with Crippen LogP contribution in [0.1, 0.15) is 46.5 Å². The summed E-state index contributed by atoms with van der Waals surface area (Å²) in [5, 5.41) is 14.4. The minimum absolute atomic E-state index is 0.194. The summed E-state index contributed by atoms with van der Waals surface area (Å²) in [4.78, 5) is 8.36. The second kappa shape index (κ2) is 49.8. The van der Waals surface area contributed by atoms with E-state index in [-0.39, 0.29) is 11.8 Å². The van der Waals surface area contributed by atoms with Gasteiger partial charge >= 0.3 is 0 Å². The highest BCUT2D eigenvalue weighted by atomic mass is 35.5. The molecular weight excluding hydrogens is 237 g/mol. The van der Waals surface area contributed by atoms with Crippen molar-refractivity contribution in [1.29, 1.82) is 5.26 Å². The summed E-state index contributed by atoms with van der Waals surface area (Å²) in [6, 6.07) is 1.75. The predicted octanol–water partition coefficient (Wildman–Crippen LogP) is 4.24. The van der Waals surface area contributed by atoms with E-state index >= 15 is 0 Å². The summed E-state index contributed by atoms with van der Waals surface area (Å²) >= 11 is 9.53. The van der Waals surface area contributed by atoms with Gasteiger partial charge in [0.25, 0.3) is 6.47 Å². The lowest BCUT2D eigenvalue weighted by Crippen LogP contribution is -1.66. The van der Waals surface area contributed by atoms with Crippen molar-refractivity contribution < 1.29 is 9.90 Å². The first kappa shape index (κ1) is 24.0. The lowest BCUT2D eigenvalue weighted by atomic mass is 10.2. The largest absolute Gasteiger partial charge is 0.483 e. The van der Waals surface area contributed by atoms with Crippen molar-refractivity contribution in [2.45, 2.75) is 46.5 Å². The summed E-state index contributed by atoms with van der Waals surface area (Å²) in [6.45, 7) is 5.64. The zero-order chi connectivity index (χ0) is 12.9. The first-order chi connectivity index (χ1) is 7.16. The minimum atomic E-state index is -0.250. The normalized spacial score (nSPS) is 6.13. The molecule has 0 radical (unpaired) electrons. The fourth-order valence-electron chi connectivity index (χ4n) is 0.500. The number of nitrogens with zero attached hydrogens (tertiary/aromatic N) is 1. The zero-order valence-corrected chi connectivity index (χ0v) is 11.2. The average Bonchev–Trinajstić information content (AvgIpc) is 2.18. The molecule has 0 aromatic carbocycles. The summed E-state index contributed by atoms with van der Waals surface area (Å²) in [5.41, 5.74) is 0. The van der Waals surface area contributed by atoms with Gasteiger partial charge in [-0.15, -0.1) is 23.2 Å². The van der Waals surface area contributed by atoms with Gasteiger partial charge in [-0.05, 0) is 0 Å². The van der Waals surface area contributed by atoms with Gasteiger partial charge in [-0.2, -0.15) is 5.26 Å². The molecule has 0 aliphatic rings. The van der Waals surface area contributed by atoms with Crippen LogP contribution in [0, 0.1) is 11.3 Å². The fraction of sp³-hybridized carbons (Fsp3) is 0.800. The van der Waals surface area contributed by atoms with Gasteiger partial charge in [-0.1, -0.05) is 39.5 Å². The Morgan fingerprint density at radius 1 is 1.27 bits per heavy atom. The Bertz CT molecular complexity index is 112. The van der Waals surface area contributed by atoms with Gasteiger partial charge in [-0.25, -0.2) is 0 Å². The van der Waals surface area contributed by atoms with Crippen LogP contribution in [0.3, 0.4) is 0 Å². The Hall–Kier alpha value is -0.460. The van der Waals surface area contributed by atoms with E-state index in [9.17, 15) is 0 Å². The maximum absolute atomic E-state index is 8.36. The Labute approximate surface area is 103 Å². The highest BCUT2D eigenvalue weighted by Crippen LogP contribution is 1.95. The van der Waals surface area contributed by atoms with Gasteiger partial charge < -0.3 is 5.11 Å². The van der Waals surface area contributed by atoms with Gasteiger partial charge in [-0.3, -0.25) is 4.79 Å². The molecule has 0 rings (SSSR count). The van der Waals surface area contributed by atoms with Crippen molar-refractivity contribution >= 4 is 29.7 Å². The number of carbonyl (C=O) groups is 1. The van der Waals surface area contributed by atoms with Gasteiger partial charge in [0, 0.05) is 6.92 Å². The molecule has 0 unspecified atom stereocenters. The van der Waals surface area contributed by atoms with Crippen molar-refractivity contribution in [3.8, 4) is 6.07 Å². The Balaban J connectivity index is -0.0000000581. The second-order valence-electron chi connectivity index (χ2n) is 2.14. The van der Waals surface area contributed by atoms with E-state index in [0.29, 0.717) is 0 Å². The van der Waals surface area contributed by atoms with Crippen LogP contribution in [-0.4, -0.2) is 16.9 Å². The highest BCUT2D eigenvalue weighted by molar-refractivity contribution is 6.40. The molecule has 1 N–H and O–H groups in total. The average molecular weight is 258 g/mol. The maximum Gasteiger partial charge on any atom is 0.290 e. The van der Waals surface area contributed by atoms with Crippen molar-refractivity contribution in [2.24, 2.45) is 0 Å². The molecule has 0 heterocycles. The van der Waals surface area contributed by atoms with E-state index in [4.69, 9.17) is 38.4 Å². The number of hydrogen-bond acceptors (Lipinski definition) is 2. The monoisotopic (exact) mass is 257 g/mol. The summed E-state index contributed by atoms with van der Waals surface area (Å²) < 4.78 is 0. The van der Waals surface area contributed by atoms with Crippen LogP contribution in [0.2, 0.25) is 0 Å². The third kappa shape index (κ3) is 279. The van der Waals surface area contributed by atoms with Crippen LogP contribution in [-0.2, 0) is 4.79 Å².